The second-order valence-electron chi connectivity index (χ2n) is 4.87. The number of amides is 1. The van der Waals surface area contributed by atoms with Gasteiger partial charge in [-0.2, -0.15) is 0 Å². The van der Waals surface area contributed by atoms with Crippen LogP contribution in [0.4, 0.5) is 11.4 Å². The molecule has 20 heavy (non-hydrogen) atoms. The third-order valence-corrected chi connectivity index (χ3v) is 3.14. The molecule has 0 saturated carbocycles. The van der Waals surface area contributed by atoms with Crippen LogP contribution in [0.1, 0.15) is 22.8 Å². The fourth-order valence-corrected chi connectivity index (χ4v) is 2.20. The molecule has 1 unspecified atom stereocenters. The van der Waals surface area contributed by atoms with E-state index < -0.39 is 5.91 Å². The molecule has 0 fully saturated rings. The van der Waals surface area contributed by atoms with Crippen molar-refractivity contribution >= 4 is 17.3 Å². The van der Waals surface area contributed by atoms with Gasteiger partial charge in [0.15, 0.2) is 0 Å². The molecule has 104 valence electrons. The molecule has 0 saturated heterocycles. The number of hydrogen-bond donors (Lipinski definition) is 3. The van der Waals surface area contributed by atoms with Crippen molar-refractivity contribution in [3.63, 3.8) is 0 Å². The Bertz CT molecular complexity index is 596. The number of nitrogens with two attached hydrogens (primary N) is 2. The van der Waals surface area contributed by atoms with Gasteiger partial charge in [0, 0.05) is 6.04 Å². The monoisotopic (exact) mass is 269 g/mol. The standard InChI is InChI=1S/C16H19N3O/c1-11(10-12-6-3-2-4-7-12)19-15-13(16(18)20)8-5-9-14(15)17/h2-9,11,19H,10,17H2,1H3,(H2,18,20). The van der Waals surface area contributed by atoms with Crippen LogP contribution in [0.5, 0.6) is 0 Å². The van der Waals surface area contributed by atoms with Gasteiger partial charge in [0.05, 0.1) is 16.9 Å². The minimum atomic E-state index is -0.480. The molecule has 0 aliphatic carbocycles. The van der Waals surface area contributed by atoms with Gasteiger partial charge in [-0.1, -0.05) is 36.4 Å². The molecule has 2 aromatic carbocycles. The Morgan fingerprint density at radius 2 is 1.85 bits per heavy atom. The molecule has 0 aliphatic rings. The smallest absolute Gasteiger partial charge is 0.250 e. The lowest BCUT2D eigenvalue weighted by Crippen LogP contribution is -2.22. The van der Waals surface area contributed by atoms with Crippen molar-refractivity contribution in [3.8, 4) is 0 Å². The molecule has 4 heteroatoms. The third kappa shape index (κ3) is 3.29. The Kier molecular flexibility index (Phi) is 4.25. The van der Waals surface area contributed by atoms with Crippen LogP contribution in [-0.4, -0.2) is 11.9 Å². The molecule has 0 radical (unpaired) electrons. The van der Waals surface area contributed by atoms with Gasteiger partial charge in [0.1, 0.15) is 0 Å². The van der Waals surface area contributed by atoms with Crippen LogP contribution < -0.4 is 16.8 Å². The van der Waals surface area contributed by atoms with E-state index in [1.54, 1.807) is 18.2 Å². The van der Waals surface area contributed by atoms with E-state index >= 15 is 0 Å². The highest BCUT2D eigenvalue weighted by molar-refractivity contribution is 6.01. The highest BCUT2D eigenvalue weighted by atomic mass is 16.1. The van der Waals surface area contributed by atoms with Crippen LogP contribution >= 0.6 is 0 Å². The fraction of sp³-hybridized carbons (Fsp3) is 0.188. The van der Waals surface area contributed by atoms with Crippen molar-refractivity contribution in [2.24, 2.45) is 5.73 Å². The first-order valence-corrected chi connectivity index (χ1v) is 6.56. The number of primary amides is 1. The molecule has 0 heterocycles. The van der Waals surface area contributed by atoms with Gasteiger partial charge in [-0.05, 0) is 31.0 Å². The number of carbonyl (C=O) groups is 1. The molecular formula is C16H19N3O. The van der Waals surface area contributed by atoms with Crippen molar-refractivity contribution in [1.29, 1.82) is 0 Å². The zero-order chi connectivity index (χ0) is 14.5. The number of nitrogens with one attached hydrogen (secondary N) is 1. The van der Waals surface area contributed by atoms with Crippen molar-refractivity contribution < 1.29 is 4.79 Å². The average Bonchev–Trinajstić information content (AvgIpc) is 2.42. The Labute approximate surface area is 118 Å². The highest BCUT2D eigenvalue weighted by Crippen LogP contribution is 2.24. The van der Waals surface area contributed by atoms with Crippen LogP contribution in [0.15, 0.2) is 48.5 Å². The summed E-state index contributed by atoms with van der Waals surface area (Å²) in [6.07, 6.45) is 0.841. The molecule has 1 amide bonds. The molecule has 0 spiro atoms. The van der Waals surface area contributed by atoms with Crippen LogP contribution in [0.2, 0.25) is 0 Å². The summed E-state index contributed by atoms with van der Waals surface area (Å²) in [5.74, 6) is -0.480. The molecule has 0 aromatic heterocycles. The van der Waals surface area contributed by atoms with Crippen LogP contribution in [0, 0.1) is 0 Å². The summed E-state index contributed by atoms with van der Waals surface area (Å²) in [5.41, 5.74) is 14.1. The van der Waals surface area contributed by atoms with Crippen molar-refractivity contribution in [2.75, 3.05) is 11.1 Å². The summed E-state index contributed by atoms with van der Waals surface area (Å²) in [6.45, 7) is 2.05. The zero-order valence-corrected chi connectivity index (χ0v) is 11.5. The number of nitrogen functional groups attached to an aromatic ring is 1. The Balaban J connectivity index is 2.15. The zero-order valence-electron chi connectivity index (χ0n) is 11.5. The van der Waals surface area contributed by atoms with E-state index in [9.17, 15) is 4.79 Å². The largest absolute Gasteiger partial charge is 0.397 e. The highest BCUT2D eigenvalue weighted by Gasteiger charge is 2.13. The lowest BCUT2D eigenvalue weighted by atomic mass is 10.1. The second kappa shape index (κ2) is 6.10. The number of para-hydroxylation sites is 1. The SMILES string of the molecule is CC(Cc1ccccc1)Nc1c(N)cccc1C(N)=O. The first-order chi connectivity index (χ1) is 9.58. The summed E-state index contributed by atoms with van der Waals surface area (Å²) in [5, 5.41) is 3.28. The van der Waals surface area contributed by atoms with E-state index in [4.69, 9.17) is 11.5 Å². The minimum Gasteiger partial charge on any atom is -0.397 e. The molecule has 1 atom stereocenters. The average molecular weight is 269 g/mol. The van der Waals surface area contributed by atoms with Crippen molar-refractivity contribution in [2.45, 2.75) is 19.4 Å². The summed E-state index contributed by atoms with van der Waals surface area (Å²) in [4.78, 5) is 11.4. The summed E-state index contributed by atoms with van der Waals surface area (Å²) in [7, 11) is 0. The maximum Gasteiger partial charge on any atom is 0.250 e. The van der Waals surface area contributed by atoms with Crippen LogP contribution in [0.3, 0.4) is 0 Å². The molecule has 2 aromatic rings. The quantitative estimate of drug-likeness (QED) is 0.729. The van der Waals surface area contributed by atoms with Crippen molar-refractivity contribution in [1.82, 2.24) is 0 Å². The van der Waals surface area contributed by atoms with E-state index in [1.807, 2.05) is 25.1 Å². The molecule has 0 aliphatic heterocycles. The van der Waals surface area contributed by atoms with Crippen molar-refractivity contribution in [3.05, 3.63) is 59.7 Å². The number of hydrogen-bond acceptors (Lipinski definition) is 3. The van der Waals surface area contributed by atoms with Gasteiger partial charge in [0.2, 0.25) is 0 Å². The normalized spacial score (nSPS) is 11.8. The fourth-order valence-electron chi connectivity index (χ4n) is 2.20. The summed E-state index contributed by atoms with van der Waals surface area (Å²) < 4.78 is 0. The number of benzene rings is 2. The Morgan fingerprint density at radius 1 is 1.15 bits per heavy atom. The predicted molar refractivity (Wildman–Crippen MR) is 82.6 cm³/mol. The minimum absolute atomic E-state index is 0.139. The molecule has 5 N–H and O–H groups in total. The molecule has 0 bridgehead atoms. The first-order valence-electron chi connectivity index (χ1n) is 6.56. The van der Waals surface area contributed by atoms with Gasteiger partial charge in [-0.15, -0.1) is 0 Å². The predicted octanol–water partition coefficient (Wildman–Crippen LogP) is 2.41. The van der Waals surface area contributed by atoms with E-state index in [-0.39, 0.29) is 6.04 Å². The first kappa shape index (κ1) is 13.9. The van der Waals surface area contributed by atoms with Gasteiger partial charge >= 0.3 is 0 Å². The maximum absolute atomic E-state index is 11.4. The molecule has 4 nitrogen and oxygen atoms in total. The molecular weight excluding hydrogens is 250 g/mol. The lowest BCUT2D eigenvalue weighted by Gasteiger charge is -2.19. The topological polar surface area (TPSA) is 81.1 Å². The summed E-state index contributed by atoms with van der Waals surface area (Å²) >= 11 is 0. The Hall–Kier alpha value is -2.49. The summed E-state index contributed by atoms with van der Waals surface area (Å²) in [6, 6.07) is 15.4. The van der Waals surface area contributed by atoms with Crippen LogP contribution in [-0.2, 0) is 6.42 Å². The van der Waals surface area contributed by atoms with Gasteiger partial charge in [-0.25, -0.2) is 0 Å². The maximum atomic E-state index is 11.4. The van der Waals surface area contributed by atoms with Gasteiger partial charge in [0.25, 0.3) is 5.91 Å². The van der Waals surface area contributed by atoms with Gasteiger partial charge < -0.3 is 16.8 Å². The van der Waals surface area contributed by atoms with E-state index in [1.165, 1.54) is 5.56 Å². The van der Waals surface area contributed by atoms with Crippen LogP contribution in [0.25, 0.3) is 0 Å². The Morgan fingerprint density at radius 3 is 2.50 bits per heavy atom. The lowest BCUT2D eigenvalue weighted by molar-refractivity contribution is 0.100. The van der Waals surface area contributed by atoms with E-state index in [2.05, 4.69) is 17.4 Å². The number of carbonyl (C=O) groups excluding carboxylic acids is 1. The third-order valence-electron chi connectivity index (χ3n) is 3.14. The van der Waals surface area contributed by atoms with Gasteiger partial charge in [-0.3, -0.25) is 4.79 Å². The number of anilines is 2. The second-order valence-corrected chi connectivity index (χ2v) is 4.87. The van der Waals surface area contributed by atoms with E-state index in [0.29, 0.717) is 16.9 Å². The molecule has 2 rings (SSSR count). The number of rotatable bonds is 5. The van der Waals surface area contributed by atoms with E-state index in [0.717, 1.165) is 6.42 Å².